The van der Waals surface area contributed by atoms with Gasteiger partial charge in [-0.05, 0) is 49.2 Å². The minimum absolute atomic E-state index is 0.159. The number of hydrogen-bond donors (Lipinski definition) is 2. The minimum Gasteiger partial charge on any atom is -0.350 e. The Morgan fingerprint density at radius 3 is 2.69 bits per heavy atom. The molecular weight excluding hydrogens is 333 g/mol. The summed E-state index contributed by atoms with van der Waals surface area (Å²) in [6, 6.07) is 11.2. The third-order valence-electron chi connectivity index (χ3n) is 4.22. The molecule has 0 spiro atoms. The van der Waals surface area contributed by atoms with Crippen LogP contribution in [-0.4, -0.2) is 21.9 Å². The van der Waals surface area contributed by atoms with Crippen LogP contribution in [0.5, 0.6) is 0 Å². The fourth-order valence-corrected chi connectivity index (χ4v) is 2.71. The van der Waals surface area contributed by atoms with Gasteiger partial charge in [-0.3, -0.25) is 9.59 Å². The van der Waals surface area contributed by atoms with Crippen molar-refractivity contribution in [1.29, 1.82) is 0 Å². The molecule has 3 aromatic rings. The van der Waals surface area contributed by atoms with Gasteiger partial charge in [0.2, 0.25) is 5.91 Å². The Labute approximate surface area is 148 Å². The summed E-state index contributed by atoms with van der Waals surface area (Å²) in [5, 5.41) is 3.31. The molecule has 1 fully saturated rings. The Morgan fingerprint density at radius 1 is 1.19 bits per heavy atom. The smallest absolute Gasteiger partial charge is 0.259 e. The summed E-state index contributed by atoms with van der Waals surface area (Å²) in [5.74, 6) is -0.166. The lowest BCUT2D eigenvalue weighted by Crippen LogP contribution is -2.22. The molecule has 1 aliphatic rings. The molecule has 2 aromatic carbocycles. The molecule has 0 unspecified atom stereocenters. The number of hydrogen-bond acceptors (Lipinski definition) is 3. The van der Waals surface area contributed by atoms with Crippen LogP contribution in [0, 0.1) is 5.82 Å². The van der Waals surface area contributed by atoms with Gasteiger partial charge in [0, 0.05) is 23.2 Å². The van der Waals surface area contributed by atoms with E-state index < -0.39 is 0 Å². The van der Waals surface area contributed by atoms with Gasteiger partial charge in [0.15, 0.2) is 0 Å². The molecule has 130 valence electrons. The Morgan fingerprint density at radius 2 is 1.96 bits per heavy atom. The van der Waals surface area contributed by atoms with Gasteiger partial charge in [-0.2, -0.15) is 0 Å². The first-order valence-corrected chi connectivity index (χ1v) is 8.38. The molecule has 5 nitrogen and oxygen atoms in total. The lowest BCUT2D eigenvalue weighted by molar-refractivity contribution is -0.116. The normalized spacial score (nSPS) is 14.0. The van der Waals surface area contributed by atoms with Crippen LogP contribution < -0.4 is 10.9 Å². The van der Waals surface area contributed by atoms with Crippen LogP contribution in [0.25, 0.3) is 28.4 Å². The third-order valence-corrected chi connectivity index (χ3v) is 4.22. The van der Waals surface area contributed by atoms with Crippen molar-refractivity contribution in [1.82, 2.24) is 15.3 Å². The van der Waals surface area contributed by atoms with E-state index in [4.69, 9.17) is 0 Å². The summed E-state index contributed by atoms with van der Waals surface area (Å²) in [6.45, 7) is 0. The van der Waals surface area contributed by atoms with E-state index in [1.54, 1.807) is 36.4 Å². The molecule has 1 aliphatic carbocycles. The van der Waals surface area contributed by atoms with Crippen molar-refractivity contribution >= 4 is 22.9 Å². The van der Waals surface area contributed by atoms with Crippen molar-refractivity contribution in [2.75, 3.05) is 0 Å². The Kier molecular flexibility index (Phi) is 4.08. The van der Waals surface area contributed by atoms with E-state index in [1.807, 2.05) is 0 Å². The van der Waals surface area contributed by atoms with Crippen molar-refractivity contribution in [3.63, 3.8) is 0 Å². The van der Waals surface area contributed by atoms with E-state index in [0.29, 0.717) is 27.9 Å². The highest BCUT2D eigenvalue weighted by molar-refractivity contribution is 5.95. The van der Waals surface area contributed by atoms with Crippen molar-refractivity contribution in [3.8, 4) is 11.4 Å². The first-order valence-electron chi connectivity index (χ1n) is 8.38. The number of amides is 1. The SMILES string of the molecule is O=C(/C=C/c1cccc2c(=O)[nH]c(-c3ccc(F)cc3)nc12)NC1CC1. The third kappa shape index (κ3) is 3.39. The van der Waals surface area contributed by atoms with Gasteiger partial charge < -0.3 is 10.3 Å². The second kappa shape index (κ2) is 6.55. The summed E-state index contributed by atoms with van der Waals surface area (Å²) in [6.07, 6.45) is 5.14. The molecule has 0 radical (unpaired) electrons. The number of aromatic nitrogens is 2. The van der Waals surface area contributed by atoms with Crippen LogP contribution in [-0.2, 0) is 4.79 Å². The molecule has 1 aromatic heterocycles. The number of fused-ring (bicyclic) bond motifs is 1. The Balaban J connectivity index is 1.75. The highest BCUT2D eigenvalue weighted by Gasteiger charge is 2.22. The molecule has 6 heteroatoms. The number of benzene rings is 2. The van der Waals surface area contributed by atoms with Gasteiger partial charge in [-0.25, -0.2) is 9.37 Å². The topological polar surface area (TPSA) is 74.8 Å². The summed E-state index contributed by atoms with van der Waals surface area (Å²) in [7, 11) is 0. The van der Waals surface area contributed by atoms with Crippen LogP contribution >= 0.6 is 0 Å². The molecule has 2 N–H and O–H groups in total. The van der Waals surface area contributed by atoms with Crippen LogP contribution in [0.2, 0.25) is 0 Å². The van der Waals surface area contributed by atoms with E-state index in [1.165, 1.54) is 18.2 Å². The molecule has 4 rings (SSSR count). The molecule has 0 aliphatic heterocycles. The fourth-order valence-electron chi connectivity index (χ4n) is 2.71. The van der Waals surface area contributed by atoms with E-state index >= 15 is 0 Å². The van der Waals surface area contributed by atoms with Gasteiger partial charge in [0.05, 0.1) is 10.9 Å². The minimum atomic E-state index is -0.359. The number of aromatic amines is 1. The predicted octanol–water partition coefficient (Wildman–Crippen LogP) is 3.02. The highest BCUT2D eigenvalue weighted by Crippen LogP contribution is 2.21. The molecule has 1 heterocycles. The number of H-pyrrole nitrogens is 1. The maximum atomic E-state index is 13.1. The maximum Gasteiger partial charge on any atom is 0.259 e. The number of para-hydroxylation sites is 1. The molecular formula is C20H16FN3O2. The van der Waals surface area contributed by atoms with Crippen LogP contribution in [0.4, 0.5) is 4.39 Å². The van der Waals surface area contributed by atoms with Gasteiger partial charge >= 0.3 is 0 Å². The molecule has 0 atom stereocenters. The molecule has 0 bridgehead atoms. The van der Waals surface area contributed by atoms with Crippen LogP contribution in [0.15, 0.2) is 53.3 Å². The average molecular weight is 349 g/mol. The van der Waals surface area contributed by atoms with E-state index in [9.17, 15) is 14.0 Å². The summed E-state index contributed by atoms with van der Waals surface area (Å²) < 4.78 is 13.1. The van der Waals surface area contributed by atoms with E-state index in [-0.39, 0.29) is 23.3 Å². The summed E-state index contributed by atoms with van der Waals surface area (Å²) >= 11 is 0. The Bertz CT molecular complexity index is 1070. The number of rotatable bonds is 4. The van der Waals surface area contributed by atoms with Gasteiger partial charge in [-0.15, -0.1) is 0 Å². The predicted molar refractivity (Wildman–Crippen MR) is 98.0 cm³/mol. The van der Waals surface area contributed by atoms with Crippen molar-refractivity contribution < 1.29 is 9.18 Å². The van der Waals surface area contributed by atoms with Crippen molar-refractivity contribution in [3.05, 3.63) is 70.3 Å². The van der Waals surface area contributed by atoms with Crippen molar-refractivity contribution in [2.45, 2.75) is 18.9 Å². The molecule has 0 saturated heterocycles. The lowest BCUT2D eigenvalue weighted by atomic mass is 10.1. The molecule has 1 saturated carbocycles. The zero-order chi connectivity index (χ0) is 18.1. The Hall–Kier alpha value is -3.28. The number of halogens is 1. The number of nitrogens with one attached hydrogen (secondary N) is 2. The zero-order valence-electron chi connectivity index (χ0n) is 13.8. The van der Waals surface area contributed by atoms with E-state index in [0.717, 1.165) is 12.8 Å². The molecule has 1 amide bonds. The second-order valence-corrected chi connectivity index (χ2v) is 6.28. The van der Waals surface area contributed by atoms with Crippen LogP contribution in [0.3, 0.4) is 0 Å². The maximum absolute atomic E-state index is 13.1. The summed E-state index contributed by atoms with van der Waals surface area (Å²) in [4.78, 5) is 31.5. The number of carbonyl (C=O) groups is 1. The van der Waals surface area contributed by atoms with Gasteiger partial charge in [0.25, 0.3) is 5.56 Å². The lowest BCUT2D eigenvalue weighted by Gasteiger charge is -2.06. The number of carbonyl (C=O) groups excluding carboxylic acids is 1. The monoisotopic (exact) mass is 349 g/mol. The standard InChI is InChI=1S/C20H16FN3O2/c21-14-7-4-13(5-8-14)19-23-18-12(2-1-3-16(18)20(26)24-19)6-11-17(25)22-15-9-10-15/h1-8,11,15H,9-10H2,(H,22,25)(H,23,24,26)/b11-6+. The van der Waals surface area contributed by atoms with Gasteiger partial charge in [0.1, 0.15) is 11.6 Å². The first kappa shape index (κ1) is 16.2. The zero-order valence-corrected chi connectivity index (χ0v) is 13.8. The van der Waals surface area contributed by atoms with E-state index in [2.05, 4.69) is 15.3 Å². The van der Waals surface area contributed by atoms with Crippen LogP contribution in [0.1, 0.15) is 18.4 Å². The average Bonchev–Trinajstić information content (AvgIpc) is 3.44. The quantitative estimate of drug-likeness (QED) is 0.711. The summed E-state index contributed by atoms with van der Waals surface area (Å²) in [5.41, 5.74) is 1.48. The first-order chi connectivity index (χ1) is 12.6. The number of nitrogens with zero attached hydrogens (tertiary/aromatic N) is 1. The molecule has 26 heavy (non-hydrogen) atoms. The highest BCUT2D eigenvalue weighted by atomic mass is 19.1. The largest absolute Gasteiger partial charge is 0.350 e. The van der Waals surface area contributed by atoms with Crippen molar-refractivity contribution in [2.24, 2.45) is 0 Å². The van der Waals surface area contributed by atoms with Gasteiger partial charge in [-0.1, -0.05) is 12.1 Å². The fraction of sp³-hybridized carbons (Fsp3) is 0.150. The second-order valence-electron chi connectivity index (χ2n) is 6.28.